The molecule has 0 heterocycles. The summed E-state index contributed by atoms with van der Waals surface area (Å²) in [6.45, 7) is -2.54. The molecule has 19 heteroatoms. The Bertz CT molecular complexity index is 924. The topological polar surface area (TPSA) is 324 Å². The van der Waals surface area contributed by atoms with E-state index in [-0.39, 0.29) is 6.54 Å². The largest absolute Gasteiger partial charge is 0.480 e. The Morgan fingerprint density at radius 3 is 1.32 bits per heavy atom. The second kappa shape index (κ2) is 16.8. The number of hydrogen-bond acceptors (Lipinski definition) is 10. The lowest BCUT2D eigenvalue weighted by molar-refractivity contribution is -0.143. The Labute approximate surface area is 209 Å². The molecule has 0 rings (SSSR count). The van der Waals surface area contributed by atoms with Gasteiger partial charge in [0.05, 0.1) is 45.6 Å². The third-order valence-corrected chi connectivity index (χ3v) is 4.05. The first-order valence-electron chi connectivity index (χ1n) is 10.4. The van der Waals surface area contributed by atoms with Crippen LogP contribution in [0, 0.1) is 0 Å². The minimum atomic E-state index is -1.73. The van der Waals surface area contributed by atoms with Crippen LogP contribution in [-0.4, -0.2) is 103 Å². The highest BCUT2D eigenvalue weighted by molar-refractivity contribution is 5.96. The summed E-state index contributed by atoms with van der Waals surface area (Å²) in [6, 6.07) is -3.36. The SMILES string of the molecule is NCC(=O)NCC(=O)NCC(=O)NCC(=O)NCC(=O)N[C@@H](CC(N)=O)C(=O)N[C@@H](CC(N)=O)C(=O)O. The Kier molecular flexibility index (Phi) is 14.6. The molecule has 0 fully saturated rings. The monoisotopic (exact) mass is 531 g/mol. The molecule has 0 saturated heterocycles. The van der Waals surface area contributed by atoms with Crippen molar-refractivity contribution >= 4 is 53.2 Å². The van der Waals surface area contributed by atoms with Crippen LogP contribution in [0.3, 0.4) is 0 Å². The van der Waals surface area contributed by atoms with Gasteiger partial charge in [-0.2, -0.15) is 0 Å². The molecular formula is C18H29N9O10. The Morgan fingerprint density at radius 2 is 0.946 bits per heavy atom. The number of nitrogens with two attached hydrogens (primary N) is 3. The smallest absolute Gasteiger partial charge is 0.326 e. The second-order valence-electron chi connectivity index (χ2n) is 7.17. The van der Waals surface area contributed by atoms with Crippen molar-refractivity contribution in [1.29, 1.82) is 0 Å². The van der Waals surface area contributed by atoms with E-state index in [1.54, 1.807) is 0 Å². The zero-order valence-corrected chi connectivity index (χ0v) is 19.5. The molecule has 0 unspecified atom stereocenters. The van der Waals surface area contributed by atoms with Gasteiger partial charge in [0.2, 0.25) is 47.3 Å². The number of carboxylic acids is 1. The second-order valence-corrected chi connectivity index (χ2v) is 7.17. The summed E-state index contributed by atoms with van der Waals surface area (Å²) in [6.07, 6.45) is -1.49. The predicted molar refractivity (Wildman–Crippen MR) is 120 cm³/mol. The molecule has 0 aromatic rings. The molecule has 0 bridgehead atoms. The first-order chi connectivity index (χ1) is 17.2. The van der Waals surface area contributed by atoms with E-state index in [0.717, 1.165) is 0 Å². The molecule has 37 heavy (non-hydrogen) atoms. The molecule has 2 atom stereocenters. The van der Waals surface area contributed by atoms with E-state index in [2.05, 4.69) is 26.6 Å². The maximum Gasteiger partial charge on any atom is 0.326 e. The number of nitrogens with one attached hydrogen (secondary N) is 6. The normalized spacial score (nSPS) is 11.6. The van der Waals surface area contributed by atoms with Crippen molar-refractivity contribution in [2.24, 2.45) is 17.2 Å². The summed E-state index contributed by atoms with van der Waals surface area (Å²) in [5, 5.41) is 21.7. The van der Waals surface area contributed by atoms with Gasteiger partial charge in [-0.05, 0) is 0 Å². The van der Waals surface area contributed by atoms with Gasteiger partial charge in [0, 0.05) is 0 Å². The maximum atomic E-state index is 12.3. The average Bonchev–Trinajstić information content (AvgIpc) is 2.81. The van der Waals surface area contributed by atoms with Gasteiger partial charge >= 0.3 is 5.97 Å². The van der Waals surface area contributed by atoms with Crippen LogP contribution in [-0.2, 0) is 43.2 Å². The van der Waals surface area contributed by atoms with E-state index in [4.69, 9.17) is 22.3 Å². The summed E-state index contributed by atoms with van der Waals surface area (Å²) < 4.78 is 0. The zero-order chi connectivity index (χ0) is 28.5. The summed E-state index contributed by atoms with van der Waals surface area (Å²) >= 11 is 0. The molecule has 206 valence electrons. The fourth-order valence-electron chi connectivity index (χ4n) is 2.30. The van der Waals surface area contributed by atoms with Gasteiger partial charge in [0.1, 0.15) is 12.1 Å². The molecule has 0 radical (unpaired) electrons. The molecule has 8 amide bonds. The van der Waals surface area contributed by atoms with E-state index >= 15 is 0 Å². The fraction of sp³-hybridized carbons (Fsp3) is 0.500. The van der Waals surface area contributed by atoms with Gasteiger partial charge < -0.3 is 54.2 Å². The van der Waals surface area contributed by atoms with Gasteiger partial charge in [-0.3, -0.25) is 38.4 Å². The first-order valence-corrected chi connectivity index (χ1v) is 10.4. The third-order valence-electron chi connectivity index (χ3n) is 4.05. The number of carboxylic acid groups (broad SMARTS) is 1. The van der Waals surface area contributed by atoms with Crippen molar-refractivity contribution in [1.82, 2.24) is 31.9 Å². The molecule has 0 aliphatic carbocycles. The Morgan fingerprint density at radius 1 is 0.568 bits per heavy atom. The van der Waals surface area contributed by atoms with Gasteiger partial charge in [0.25, 0.3) is 0 Å². The van der Waals surface area contributed by atoms with Crippen LogP contribution in [0.4, 0.5) is 0 Å². The van der Waals surface area contributed by atoms with Gasteiger partial charge in [-0.1, -0.05) is 0 Å². The molecule has 0 aromatic heterocycles. The van der Waals surface area contributed by atoms with Crippen LogP contribution in [0.15, 0.2) is 0 Å². The predicted octanol–water partition coefficient (Wildman–Crippen LogP) is -7.79. The minimum absolute atomic E-state index is 0.317. The minimum Gasteiger partial charge on any atom is -0.480 e. The van der Waals surface area contributed by atoms with Gasteiger partial charge in [0.15, 0.2) is 0 Å². The summed E-state index contributed by atoms with van der Waals surface area (Å²) in [5.74, 6) is -8.64. The highest BCUT2D eigenvalue weighted by Gasteiger charge is 2.28. The Hall–Kier alpha value is -4.81. The average molecular weight is 531 g/mol. The van der Waals surface area contributed by atoms with Crippen LogP contribution >= 0.6 is 0 Å². The highest BCUT2D eigenvalue weighted by atomic mass is 16.4. The number of aliphatic carboxylic acids is 1. The van der Waals surface area contributed by atoms with Crippen molar-refractivity contribution in [3.8, 4) is 0 Å². The number of hydrogen-bond donors (Lipinski definition) is 10. The molecule has 0 aliphatic heterocycles. The molecule has 13 N–H and O–H groups in total. The van der Waals surface area contributed by atoms with Crippen molar-refractivity contribution in [2.45, 2.75) is 24.9 Å². The molecule has 0 spiro atoms. The molecular weight excluding hydrogens is 502 g/mol. The third kappa shape index (κ3) is 15.7. The lowest BCUT2D eigenvalue weighted by Crippen LogP contribution is -2.55. The molecule has 0 saturated carbocycles. The summed E-state index contributed by atoms with van der Waals surface area (Å²) in [4.78, 5) is 104. The number of amides is 8. The highest BCUT2D eigenvalue weighted by Crippen LogP contribution is 1.97. The number of carbonyl (C=O) groups is 9. The van der Waals surface area contributed by atoms with E-state index in [0.29, 0.717) is 0 Å². The quantitative estimate of drug-likeness (QED) is 0.0839. The maximum absolute atomic E-state index is 12.3. The standard InChI is InChI=1S/C18H29N9O10/c19-3-12(30)22-4-13(31)23-5-14(32)24-6-15(33)25-7-16(34)26-8(1-10(20)28)17(35)27-9(18(36)37)2-11(21)29/h8-9H,1-7,19H2,(H2,20,28)(H2,21,29)(H,22,30)(H,23,31)(H,24,32)(H,25,33)(H,26,34)(H,27,35)(H,36,37)/t8-,9-/m0/s1. The molecule has 0 aliphatic rings. The first kappa shape index (κ1) is 32.2. The van der Waals surface area contributed by atoms with Crippen molar-refractivity contribution in [2.75, 3.05) is 32.7 Å². The zero-order valence-electron chi connectivity index (χ0n) is 19.5. The van der Waals surface area contributed by atoms with E-state index in [9.17, 15) is 43.2 Å². The lowest BCUT2D eigenvalue weighted by atomic mass is 10.1. The van der Waals surface area contributed by atoms with Crippen molar-refractivity contribution in [3.63, 3.8) is 0 Å². The molecule has 19 nitrogen and oxygen atoms in total. The summed E-state index contributed by atoms with van der Waals surface area (Å²) in [7, 11) is 0. The van der Waals surface area contributed by atoms with Crippen LogP contribution in [0.5, 0.6) is 0 Å². The van der Waals surface area contributed by atoms with Crippen molar-refractivity contribution in [3.05, 3.63) is 0 Å². The Balaban J connectivity index is 4.59. The molecule has 0 aromatic carbocycles. The van der Waals surface area contributed by atoms with Crippen LogP contribution < -0.4 is 49.1 Å². The number of carbonyl (C=O) groups excluding carboxylic acids is 8. The van der Waals surface area contributed by atoms with Gasteiger partial charge in [-0.25, -0.2) is 4.79 Å². The van der Waals surface area contributed by atoms with E-state index < -0.39 is 104 Å². The van der Waals surface area contributed by atoms with Gasteiger partial charge in [-0.15, -0.1) is 0 Å². The van der Waals surface area contributed by atoms with Crippen LogP contribution in [0.25, 0.3) is 0 Å². The number of rotatable bonds is 17. The summed E-state index contributed by atoms with van der Waals surface area (Å²) in [5.41, 5.74) is 15.0. The number of primary amides is 2. The van der Waals surface area contributed by atoms with E-state index in [1.807, 2.05) is 5.32 Å². The fourth-order valence-corrected chi connectivity index (χ4v) is 2.30. The van der Waals surface area contributed by atoms with Crippen molar-refractivity contribution < 1.29 is 48.3 Å². The lowest BCUT2D eigenvalue weighted by Gasteiger charge is -2.20. The van der Waals surface area contributed by atoms with Crippen LogP contribution in [0.1, 0.15) is 12.8 Å². The van der Waals surface area contributed by atoms with Crippen LogP contribution in [0.2, 0.25) is 0 Å². The van der Waals surface area contributed by atoms with E-state index in [1.165, 1.54) is 0 Å².